The van der Waals surface area contributed by atoms with Crippen LogP contribution in [0.5, 0.6) is 0 Å². The first kappa shape index (κ1) is 10.4. The molecule has 4 heteroatoms. The summed E-state index contributed by atoms with van der Waals surface area (Å²) in [4.78, 5) is 0. The van der Waals surface area contributed by atoms with Crippen LogP contribution < -0.4 is 5.32 Å². The van der Waals surface area contributed by atoms with E-state index in [1.54, 1.807) is 7.05 Å². The zero-order chi connectivity index (χ0) is 9.84. The van der Waals surface area contributed by atoms with Crippen LogP contribution >= 0.6 is 11.6 Å². The second-order valence-electron chi connectivity index (χ2n) is 2.74. The summed E-state index contributed by atoms with van der Waals surface area (Å²) < 4.78 is 12.6. The third kappa shape index (κ3) is 2.66. The highest BCUT2D eigenvalue weighted by Crippen LogP contribution is 2.23. The lowest BCUT2D eigenvalue weighted by Gasteiger charge is -2.11. The first-order chi connectivity index (χ1) is 6.15. The van der Waals surface area contributed by atoms with E-state index in [1.165, 1.54) is 18.2 Å². The predicted molar refractivity (Wildman–Crippen MR) is 50.3 cm³/mol. The van der Waals surface area contributed by atoms with E-state index in [0.717, 1.165) is 0 Å². The molecule has 13 heavy (non-hydrogen) atoms. The Morgan fingerprint density at radius 3 is 2.85 bits per heavy atom. The van der Waals surface area contributed by atoms with E-state index in [-0.39, 0.29) is 5.02 Å². The minimum atomic E-state index is -0.696. The highest BCUT2D eigenvalue weighted by molar-refractivity contribution is 6.31. The molecule has 0 saturated heterocycles. The van der Waals surface area contributed by atoms with Gasteiger partial charge in [-0.15, -0.1) is 0 Å². The number of aliphatic hydroxyl groups excluding tert-OH is 1. The highest BCUT2D eigenvalue weighted by Gasteiger charge is 2.10. The fraction of sp³-hybridized carbons (Fsp3) is 0.333. The first-order valence-corrected chi connectivity index (χ1v) is 4.30. The molecule has 0 spiro atoms. The van der Waals surface area contributed by atoms with Gasteiger partial charge in [-0.05, 0) is 19.2 Å². The highest BCUT2D eigenvalue weighted by atomic mass is 35.5. The molecule has 1 aromatic rings. The van der Waals surface area contributed by atoms with Gasteiger partial charge in [0.15, 0.2) is 0 Å². The van der Waals surface area contributed by atoms with E-state index in [9.17, 15) is 9.50 Å². The molecule has 0 fully saturated rings. The molecule has 0 radical (unpaired) electrons. The predicted octanol–water partition coefficient (Wildman–Crippen LogP) is 1.73. The molecule has 0 bridgehead atoms. The van der Waals surface area contributed by atoms with Gasteiger partial charge in [0, 0.05) is 17.1 Å². The monoisotopic (exact) mass is 203 g/mol. The lowest BCUT2D eigenvalue weighted by atomic mass is 10.1. The molecular weight excluding hydrogens is 193 g/mol. The molecule has 0 aromatic heterocycles. The Morgan fingerprint density at radius 2 is 2.31 bits per heavy atom. The summed E-state index contributed by atoms with van der Waals surface area (Å²) in [5.41, 5.74) is 0.539. The van der Waals surface area contributed by atoms with Crippen molar-refractivity contribution in [2.75, 3.05) is 13.6 Å². The number of hydrogen-bond donors (Lipinski definition) is 2. The molecule has 0 saturated carbocycles. The number of rotatable bonds is 3. The van der Waals surface area contributed by atoms with Crippen molar-refractivity contribution in [3.05, 3.63) is 34.6 Å². The Hall–Kier alpha value is -0.640. The van der Waals surface area contributed by atoms with Crippen molar-refractivity contribution in [3.8, 4) is 0 Å². The zero-order valence-corrected chi connectivity index (χ0v) is 7.98. The molecule has 0 heterocycles. The van der Waals surface area contributed by atoms with Gasteiger partial charge in [0.05, 0.1) is 6.10 Å². The van der Waals surface area contributed by atoms with Crippen molar-refractivity contribution >= 4 is 11.6 Å². The third-order valence-corrected chi connectivity index (χ3v) is 2.05. The van der Waals surface area contributed by atoms with Crippen LogP contribution in [0.2, 0.25) is 5.02 Å². The summed E-state index contributed by atoms with van der Waals surface area (Å²) in [6.07, 6.45) is -0.696. The Bertz CT molecular complexity index is 293. The number of halogens is 2. The van der Waals surface area contributed by atoms with Gasteiger partial charge in [-0.2, -0.15) is 0 Å². The van der Waals surface area contributed by atoms with Gasteiger partial charge in [0.25, 0.3) is 0 Å². The van der Waals surface area contributed by atoms with Crippen LogP contribution in [0.25, 0.3) is 0 Å². The molecule has 0 aliphatic carbocycles. The molecular formula is C9H11ClFNO. The third-order valence-electron chi connectivity index (χ3n) is 1.72. The van der Waals surface area contributed by atoms with Gasteiger partial charge < -0.3 is 10.4 Å². The van der Waals surface area contributed by atoms with Gasteiger partial charge in [-0.25, -0.2) is 4.39 Å². The molecule has 72 valence electrons. The van der Waals surface area contributed by atoms with Crippen LogP contribution in [0.4, 0.5) is 4.39 Å². The Balaban J connectivity index is 2.88. The van der Waals surface area contributed by atoms with Crippen molar-refractivity contribution < 1.29 is 9.50 Å². The molecule has 0 aliphatic rings. The van der Waals surface area contributed by atoms with Crippen molar-refractivity contribution in [1.29, 1.82) is 0 Å². The van der Waals surface area contributed by atoms with E-state index in [0.29, 0.717) is 12.1 Å². The zero-order valence-electron chi connectivity index (χ0n) is 7.22. The second-order valence-corrected chi connectivity index (χ2v) is 3.15. The van der Waals surface area contributed by atoms with E-state index in [1.807, 2.05) is 0 Å². The van der Waals surface area contributed by atoms with Gasteiger partial charge in [-0.1, -0.05) is 17.7 Å². The van der Waals surface area contributed by atoms with E-state index in [2.05, 4.69) is 5.32 Å². The lowest BCUT2D eigenvalue weighted by molar-refractivity contribution is 0.178. The molecule has 1 aromatic carbocycles. The fourth-order valence-corrected chi connectivity index (χ4v) is 1.37. The molecule has 0 aliphatic heterocycles. The van der Waals surface area contributed by atoms with E-state index in [4.69, 9.17) is 11.6 Å². The summed E-state index contributed by atoms with van der Waals surface area (Å²) in [5.74, 6) is -0.398. The van der Waals surface area contributed by atoms with Crippen LogP contribution in [-0.4, -0.2) is 18.7 Å². The summed E-state index contributed by atoms with van der Waals surface area (Å²) in [7, 11) is 1.72. The smallest absolute Gasteiger partial charge is 0.124 e. The Labute approximate surface area is 81.3 Å². The maximum Gasteiger partial charge on any atom is 0.124 e. The van der Waals surface area contributed by atoms with Crippen molar-refractivity contribution in [3.63, 3.8) is 0 Å². The average molecular weight is 204 g/mol. The summed E-state index contributed by atoms with van der Waals surface area (Å²) in [5, 5.41) is 12.6. The number of likely N-dealkylation sites (N-methyl/N-ethyl adjacent to an activating group) is 1. The summed E-state index contributed by atoms with van der Waals surface area (Å²) in [6, 6.07) is 3.95. The Morgan fingerprint density at radius 1 is 1.62 bits per heavy atom. The molecule has 2 nitrogen and oxygen atoms in total. The summed E-state index contributed by atoms with van der Waals surface area (Å²) >= 11 is 5.73. The van der Waals surface area contributed by atoms with Crippen LogP contribution in [-0.2, 0) is 0 Å². The van der Waals surface area contributed by atoms with Gasteiger partial charge in [0.1, 0.15) is 5.82 Å². The standard InChI is InChI=1S/C9H11ClFNO/c1-12-5-9(13)7-3-2-6(11)4-8(7)10/h2-4,9,12-13H,5H2,1H3. The molecule has 1 unspecified atom stereocenters. The minimum absolute atomic E-state index is 0.253. The lowest BCUT2D eigenvalue weighted by Crippen LogP contribution is -2.16. The maximum absolute atomic E-state index is 12.6. The first-order valence-electron chi connectivity index (χ1n) is 3.92. The quantitative estimate of drug-likeness (QED) is 0.784. The van der Waals surface area contributed by atoms with E-state index >= 15 is 0 Å². The fourth-order valence-electron chi connectivity index (χ4n) is 1.08. The second kappa shape index (κ2) is 4.56. The molecule has 1 atom stereocenters. The van der Waals surface area contributed by atoms with Crippen LogP contribution in [0.15, 0.2) is 18.2 Å². The topological polar surface area (TPSA) is 32.3 Å². The molecule has 2 N–H and O–H groups in total. The molecule has 0 amide bonds. The van der Waals surface area contributed by atoms with Gasteiger partial charge >= 0.3 is 0 Å². The van der Waals surface area contributed by atoms with Gasteiger partial charge in [-0.3, -0.25) is 0 Å². The largest absolute Gasteiger partial charge is 0.387 e. The number of aliphatic hydroxyl groups is 1. The minimum Gasteiger partial charge on any atom is -0.387 e. The SMILES string of the molecule is CNCC(O)c1ccc(F)cc1Cl. The van der Waals surface area contributed by atoms with Crippen LogP contribution in [0.1, 0.15) is 11.7 Å². The summed E-state index contributed by atoms with van der Waals surface area (Å²) in [6.45, 7) is 0.394. The maximum atomic E-state index is 12.6. The normalized spacial score (nSPS) is 12.9. The number of benzene rings is 1. The number of hydrogen-bond acceptors (Lipinski definition) is 2. The number of nitrogens with one attached hydrogen (secondary N) is 1. The van der Waals surface area contributed by atoms with Gasteiger partial charge in [0.2, 0.25) is 0 Å². The molecule has 1 rings (SSSR count). The van der Waals surface area contributed by atoms with Crippen molar-refractivity contribution in [2.45, 2.75) is 6.10 Å². The Kier molecular flexibility index (Phi) is 3.66. The van der Waals surface area contributed by atoms with Crippen molar-refractivity contribution in [2.24, 2.45) is 0 Å². The van der Waals surface area contributed by atoms with Crippen LogP contribution in [0, 0.1) is 5.82 Å². The van der Waals surface area contributed by atoms with Crippen LogP contribution in [0.3, 0.4) is 0 Å². The average Bonchev–Trinajstić information content (AvgIpc) is 2.04. The van der Waals surface area contributed by atoms with Crippen molar-refractivity contribution in [1.82, 2.24) is 5.32 Å². The van der Waals surface area contributed by atoms with E-state index < -0.39 is 11.9 Å².